The molecule has 1 aromatic rings. The highest BCUT2D eigenvalue weighted by atomic mass is 32.2. The van der Waals surface area contributed by atoms with Crippen molar-refractivity contribution in [2.45, 2.75) is 31.8 Å². The van der Waals surface area contributed by atoms with Gasteiger partial charge in [-0.1, -0.05) is 18.2 Å². The van der Waals surface area contributed by atoms with Gasteiger partial charge in [-0.05, 0) is 36.5 Å². The summed E-state index contributed by atoms with van der Waals surface area (Å²) < 4.78 is 0. The van der Waals surface area contributed by atoms with Crippen molar-refractivity contribution in [3.8, 4) is 0 Å². The molecular weight excluding hydrogens is 230 g/mol. The van der Waals surface area contributed by atoms with Crippen LogP contribution in [0, 0.1) is 5.92 Å². The number of nitrogens with zero attached hydrogens (tertiary/aromatic N) is 2. The second kappa shape index (κ2) is 5.08. The fourth-order valence-corrected chi connectivity index (χ4v) is 3.72. The van der Waals surface area contributed by atoms with Gasteiger partial charge >= 0.3 is 0 Å². The molecule has 2 atom stereocenters. The monoisotopic (exact) mass is 247 g/mol. The summed E-state index contributed by atoms with van der Waals surface area (Å²) in [4.78, 5) is 8.67. The minimum absolute atomic E-state index is 0.687. The van der Waals surface area contributed by atoms with Crippen LogP contribution in [0.1, 0.15) is 24.8 Å². The zero-order chi connectivity index (χ0) is 11.5. The van der Waals surface area contributed by atoms with Gasteiger partial charge in [0.2, 0.25) is 0 Å². The van der Waals surface area contributed by atoms with Gasteiger partial charge in [-0.2, -0.15) is 0 Å². The third-order valence-corrected chi connectivity index (χ3v) is 4.67. The average molecular weight is 247 g/mol. The fraction of sp³-hybridized carbons (Fsp3) is 0.538. The summed E-state index contributed by atoms with van der Waals surface area (Å²) in [5, 5.41) is 4.71. The number of rotatable bonds is 2. The van der Waals surface area contributed by atoms with Crippen molar-refractivity contribution in [3.05, 3.63) is 30.1 Å². The second-order valence-corrected chi connectivity index (χ2v) is 5.74. The molecule has 90 valence electrons. The maximum Gasteiger partial charge on any atom is 0.157 e. The van der Waals surface area contributed by atoms with E-state index in [-0.39, 0.29) is 0 Å². The Labute approximate surface area is 106 Å². The van der Waals surface area contributed by atoms with Crippen LogP contribution in [-0.2, 0) is 6.54 Å². The summed E-state index contributed by atoms with van der Waals surface area (Å²) in [5.41, 5.74) is 1.23. The maximum absolute atomic E-state index is 4.65. The van der Waals surface area contributed by atoms with Crippen molar-refractivity contribution in [1.82, 2.24) is 10.3 Å². The quantitative estimate of drug-likeness (QED) is 0.872. The van der Waals surface area contributed by atoms with E-state index < -0.39 is 0 Å². The maximum atomic E-state index is 4.65. The van der Waals surface area contributed by atoms with Crippen LogP contribution in [0.3, 0.4) is 0 Å². The molecule has 2 aliphatic rings. The highest BCUT2D eigenvalue weighted by Gasteiger charge is 2.31. The number of aliphatic imine (C=N–C) groups is 1. The molecule has 1 N–H and O–H groups in total. The van der Waals surface area contributed by atoms with E-state index in [2.05, 4.69) is 15.3 Å². The van der Waals surface area contributed by atoms with Crippen molar-refractivity contribution in [2.75, 3.05) is 5.75 Å². The van der Waals surface area contributed by atoms with Gasteiger partial charge in [-0.15, -0.1) is 0 Å². The van der Waals surface area contributed by atoms with Gasteiger partial charge < -0.3 is 5.32 Å². The normalized spacial score (nSPS) is 30.0. The number of aromatic nitrogens is 1. The Kier molecular flexibility index (Phi) is 3.31. The summed E-state index contributed by atoms with van der Waals surface area (Å²) in [6.45, 7) is 0.759. The molecule has 3 rings (SSSR count). The molecule has 3 nitrogen and oxygen atoms in total. The van der Waals surface area contributed by atoms with Gasteiger partial charge in [0.05, 0.1) is 6.54 Å². The van der Waals surface area contributed by atoms with E-state index in [0.29, 0.717) is 6.04 Å². The van der Waals surface area contributed by atoms with Gasteiger partial charge in [0, 0.05) is 24.2 Å². The summed E-state index contributed by atoms with van der Waals surface area (Å²) in [6.07, 6.45) is 7.73. The first-order chi connectivity index (χ1) is 8.42. The van der Waals surface area contributed by atoms with Crippen LogP contribution < -0.4 is 5.32 Å². The number of thioether (sulfide) groups is 1. The predicted molar refractivity (Wildman–Crippen MR) is 72.1 cm³/mol. The fourth-order valence-electron chi connectivity index (χ4n) is 2.56. The SMILES string of the molecule is c1cc(CN=C2NC3CCCC3CS2)ccn1. The molecule has 1 aliphatic heterocycles. The van der Waals surface area contributed by atoms with Crippen LogP contribution in [0.25, 0.3) is 0 Å². The second-order valence-electron chi connectivity index (χ2n) is 4.73. The molecule has 2 heterocycles. The van der Waals surface area contributed by atoms with Crippen LogP contribution in [0.4, 0.5) is 0 Å². The Morgan fingerprint density at radius 3 is 3.12 bits per heavy atom. The molecule has 2 fully saturated rings. The van der Waals surface area contributed by atoms with Gasteiger partial charge in [-0.3, -0.25) is 9.98 Å². The van der Waals surface area contributed by atoms with Gasteiger partial charge in [0.15, 0.2) is 5.17 Å². The van der Waals surface area contributed by atoms with E-state index in [4.69, 9.17) is 0 Å². The molecule has 1 aliphatic carbocycles. The highest BCUT2D eigenvalue weighted by molar-refractivity contribution is 8.13. The van der Waals surface area contributed by atoms with E-state index in [0.717, 1.165) is 17.6 Å². The lowest BCUT2D eigenvalue weighted by Crippen LogP contribution is -2.41. The highest BCUT2D eigenvalue weighted by Crippen LogP contribution is 2.32. The van der Waals surface area contributed by atoms with Crippen LogP contribution in [-0.4, -0.2) is 21.9 Å². The van der Waals surface area contributed by atoms with Crippen molar-refractivity contribution in [3.63, 3.8) is 0 Å². The van der Waals surface area contributed by atoms with Gasteiger partial charge in [0.1, 0.15) is 0 Å². The molecule has 0 amide bonds. The van der Waals surface area contributed by atoms with Crippen LogP contribution in [0.15, 0.2) is 29.5 Å². The number of nitrogens with one attached hydrogen (secondary N) is 1. The molecule has 0 spiro atoms. The molecule has 4 heteroatoms. The van der Waals surface area contributed by atoms with E-state index in [9.17, 15) is 0 Å². The number of hydrogen-bond acceptors (Lipinski definition) is 3. The lowest BCUT2D eigenvalue weighted by molar-refractivity contribution is 0.489. The predicted octanol–water partition coefficient (Wildman–Crippen LogP) is 2.44. The van der Waals surface area contributed by atoms with Crippen molar-refractivity contribution >= 4 is 16.9 Å². The van der Waals surface area contributed by atoms with Crippen molar-refractivity contribution in [1.29, 1.82) is 0 Å². The molecular formula is C13H17N3S. The minimum Gasteiger partial charge on any atom is -0.362 e. The number of hydrogen-bond donors (Lipinski definition) is 1. The minimum atomic E-state index is 0.687. The van der Waals surface area contributed by atoms with Gasteiger partial charge in [0.25, 0.3) is 0 Å². The lowest BCUT2D eigenvalue weighted by Gasteiger charge is -2.28. The molecule has 2 unspecified atom stereocenters. The topological polar surface area (TPSA) is 37.3 Å². The Balaban J connectivity index is 1.61. The molecule has 0 bridgehead atoms. The van der Waals surface area contributed by atoms with Gasteiger partial charge in [-0.25, -0.2) is 0 Å². The Bertz CT molecular complexity index is 404. The Hall–Kier alpha value is -1.03. The summed E-state index contributed by atoms with van der Waals surface area (Å²) in [7, 11) is 0. The third kappa shape index (κ3) is 2.63. The summed E-state index contributed by atoms with van der Waals surface area (Å²) in [5.74, 6) is 2.12. The smallest absolute Gasteiger partial charge is 0.157 e. The molecule has 17 heavy (non-hydrogen) atoms. The number of fused-ring (bicyclic) bond motifs is 1. The standard InChI is InChI=1S/C13H17N3S/c1-2-11-9-17-13(16-12(11)3-1)15-8-10-4-6-14-7-5-10/h4-7,11-12H,1-3,8-9H2,(H,15,16). The third-order valence-electron chi connectivity index (χ3n) is 3.56. The average Bonchev–Trinajstić information content (AvgIpc) is 2.85. The van der Waals surface area contributed by atoms with E-state index >= 15 is 0 Å². The Morgan fingerprint density at radius 2 is 2.24 bits per heavy atom. The summed E-state index contributed by atoms with van der Waals surface area (Å²) >= 11 is 1.88. The Morgan fingerprint density at radius 1 is 1.35 bits per heavy atom. The van der Waals surface area contributed by atoms with E-state index in [1.54, 1.807) is 0 Å². The first-order valence-electron chi connectivity index (χ1n) is 6.24. The molecule has 1 saturated carbocycles. The first kappa shape index (κ1) is 11.1. The number of amidine groups is 1. The van der Waals surface area contributed by atoms with E-state index in [1.165, 1.54) is 30.6 Å². The van der Waals surface area contributed by atoms with Crippen molar-refractivity contribution in [2.24, 2.45) is 10.9 Å². The number of pyridine rings is 1. The molecule has 0 radical (unpaired) electrons. The lowest BCUT2D eigenvalue weighted by atomic mass is 10.1. The molecule has 0 aromatic carbocycles. The van der Waals surface area contributed by atoms with Crippen molar-refractivity contribution < 1.29 is 0 Å². The zero-order valence-electron chi connectivity index (χ0n) is 9.80. The molecule has 1 saturated heterocycles. The first-order valence-corrected chi connectivity index (χ1v) is 7.23. The largest absolute Gasteiger partial charge is 0.362 e. The van der Waals surface area contributed by atoms with Crippen LogP contribution >= 0.6 is 11.8 Å². The van der Waals surface area contributed by atoms with E-state index in [1.807, 2.05) is 36.3 Å². The van der Waals surface area contributed by atoms with Crippen LogP contribution in [0.2, 0.25) is 0 Å². The van der Waals surface area contributed by atoms with Crippen LogP contribution in [0.5, 0.6) is 0 Å². The summed E-state index contributed by atoms with van der Waals surface area (Å²) in [6, 6.07) is 4.73. The zero-order valence-corrected chi connectivity index (χ0v) is 10.6. The molecule has 1 aromatic heterocycles.